The third kappa shape index (κ3) is 4.95. The van der Waals surface area contributed by atoms with Crippen molar-refractivity contribution < 1.29 is 19.0 Å². The lowest BCUT2D eigenvalue weighted by Crippen LogP contribution is -2.48. The molecule has 2 aromatic carbocycles. The van der Waals surface area contributed by atoms with Gasteiger partial charge >= 0.3 is 0 Å². The van der Waals surface area contributed by atoms with E-state index < -0.39 is 0 Å². The molecule has 1 aliphatic heterocycles. The third-order valence-electron chi connectivity index (χ3n) is 5.10. The first kappa shape index (κ1) is 20.0. The molecular weight excluding hydrogens is 356 g/mol. The van der Waals surface area contributed by atoms with Crippen molar-refractivity contribution in [3.8, 4) is 17.2 Å². The lowest BCUT2D eigenvalue weighted by molar-refractivity contribution is -0.132. The van der Waals surface area contributed by atoms with E-state index in [4.69, 9.17) is 14.2 Å². The van der Waals surface area contributed by atoms with E-state index in [0.29, 0.717) is 6.42 Å². The quantitative estimate of drug-likeness (QED) is 0.735. The van der Waals surface area contributed by atoms with Gasteiger partial charge in [-0.15, -0.1) is 0 Å². The Morgan fingerprint density at radius 3 is 2.29 bits per heavy atom. The average molecular weight is 384 g/mol. The van der Waals surface area contributed by atoms with Gasteiger partial charge in [-0.05, 0) is 35.9 Å². The molecule has 1 saturated heterocycles. The van der Waals surface area contributed by atoms with Gasteiger partial charge in [0, 0.05) is 38.3 Å². The van der Waals surface area contributed by atoms with E-state index in [2.05, 4.69) is 4.90 Å². The monoisotopic (exact) mass is 384 g/mol. The SMILES string of the molecule is COc1cccc(CC(=O)N2CCN(Cc3cc(OC)ccc3OC)CC2)c1. The molecule has 150 valence electrons. The van der Waals surface area contributed by atoms with E-state index in [9.17, 15) is 4.79 Å². The number of piperazine rings is 1. The van der Waals surface area contributed by atoms with E-state index >= 15 is 0 Å². The first-order valence-electron chi connectivity index (χ1n) is 9.47. The largest absolute Gasteiger partial charge is 0.497 e. The Morgan fingerprint density at radius 1 is 0.893 bits per heavy atom. The van der Waals surface area contributed by atoms with Crippen molar-refractivity contribution in [3.05, 3.63) is 53.6 Å². The molecule has 0 radical (unpaired) electrons. The van der Waals surface area contributed by atoms with E-state index in [1.807, 2.05) is 47.4 Å². The molecule has 3 rings (SSSR count). The summed E-state index contributed by atoms with van der Waals surface area (Å²) in [6.45, 7) is 3.91. The van der Waals surface area contributed by atoms with Gasteiger partial charge in [-0.1, -0.05) is 12.1 Å². The zero-order chi connectivity index (χ0) is 19.9. The van der Waals surface area contributed by atoms with Gasteiger partial charge in [-0.2, -0.15) is 0 Å². The number of nitrogens with zero attached hydrogens (tertiary/aromatic N) is 2. The van der Waals surface area contributed by atoms with Crippen LogP contribution in [0.25, 0.3) is 0 Å². The molecule has 1 aliphatic rings. The molecule has 0 bridgehead atoms. The van der Waals surface area contributed by atoms with Crippen LogP contribution in [0.15, 0.2) is 42.5 Å². The maximum Gasteiger partial charge on any atom is 0.227 e. The number of ether oxygens (including phenoxy) is 3. The van der Waals surface area contributed by atoms with Crippen LogP contribution in [0.1, 0.15) is 11.1 Å². The van der Waals surface area contributed by atoms with Gasteiger partial charge < -0.3 is 19.1 Å². The summed E-state index contributed by atoms with van der Waals surface area (Å²) >= 11 is 0. The second-order valence-corrected chi connectivity index (χ2v) is 6.86. The summed E-state index contributed by atoms with van der Waals surface area (Å²) in [6.07, 6.45) is 0.404. The molecule has 2 aromatic rings. The molecule has 1 heterocycles. The number of methoxy groups -OCH3 is 3. The summed E-state index contributed by atoms with van der Waals surface area (Å²) in [4.78, 5) is 16.9. The molecule has 0 spiro atoms. The molecule has 6 heteroatoms. The highest BCUT2D eigenvalue weighted by atomic mass is 16.5. The van der Waals surface area contributed by atoms with Crippen LogP contribution in [0.5, 0.6) is 17.2 Å². The average Bonchev–Trinajstić information content (AvgIpc) is 2.74. The minimum Gasteiger partial charge on any atom is -0.497 e. The molecule has 0 atom stereocenters. The Morgan fingerprint density at radius 2 is 1.61 bits per heavy atom. The molecular formula is C22H28N2O4. The summed E-state index contributed by atoms with van der Waals surface area (Å²) < 4.78 is 16.0. The lowest BCUT2D eigenvalue weighted by atomic mass is 10.1. The van der Waals surface area contributed by atoms with Crippen LogP contribution in [0.3, 0.4) is 0 Å². The molecule has 28 heavy (non-hydrogen) atoms. The maximum absolute atomic E-state index is 12.6. The van der Waals surface area contributed by atoms with E-state index in [0.717, 1.165) is 61.1 Å². The molecule has 0 saturated carbocycles. The Hall–Kier alpha value is -2.73. The van der Waals surface area contributed by atoms with Crippen molar-refractivity contribution in [1.29, 1.82) is 0 Å². The summed E-state index contributed by atoms with van der Waals surface area (Å²) in [5, 5.41) is 0. The van der Waals surface area contributed by atoms with Crippen LogP contribution in [0.4, 0.5) is 0 Å². The fourth-order valence-electron chi connectivity index (χ4n) is 3.47. The van der Waals surface area contributed by atoms with Gasteiger partial charge in [-0.25, -0.2) is 0 Å². The smallest absolute Gasteiger partial charge is 0.227 e. The number of rotatable bonds is 7. The van der Waals surface area contributed by atoms with Gasteiger partial charge in [0.1, 0.15) is 17.2 Å². The van der Waals surface area contributed by atoms with Gasteiger partial charge in [0.25, 0.3) is 0 Å². The standard InChI is InChI=1S/C22H28N2O4/c1-26-19-6-4-5-17(13-19)14-22(25)24-11-9-23(10-12-24)16-18-15-20(27-2)7-8-21(18)28-3/h4-8,13,15H,9-12,14,16H2,1-3H3. The van der Waals surface area contributed by atoms with Crippen LogP contribution in [0, 0.1) is 0 Å². The number of hydrogen-bond donors (Lipinski definition) is 0. The first-order chi connectivity index (χ1) is 13.6. The molecule has 0 aliphatic carbocycles. The second-order valence-electron chi connectivity index (χ2n) is 6.86. The summed E-state index contributed by atoms with van der Waals surface area (Å²) in [5.74, 6) is 2.62. The summed E-state index contributed by atoms with van der Waals surface area (Å²) in [7, 11) is 4.98. The predicted molar refractivity (Wildman–Crippen MR) is 108 cm³/mol. The normalized spacial score (nSPS) is 14.6. The molecule has 0 aromatic heterocycles. The number of hydrogen-bond acceptors (Lipinski definition) is 5. The predicted octanol–water partition coefficient (Wildman–Crippen LogP) is 2.60. The molecule has 1 fully saturated rings. The van der Waals surface area contributed by atoms with E-state index in [1.165, 1.54) is 0 Å². The van der Waals surface area contributed by atoms with Gasteiger partial charge in [0.2, 0.25) is 5.91 Å². The van der Waals surface area contributed by atoms with Crippen LogP contribution >= 0.6 is 0 Å². The zero-order valence-electron chi connectivity index (χ0n) is 16.8. The molecule has 6 nitrogen and oxygen atoms in total. The summed E-state index contributed by atoms with van der Waals surface area (Å²) in [6, 6.07) is 13.5. The Balaban J connectivity index is 1.55. The first-order valence-corrected chi connectivity index (χ1v) is 9.47. The molecule has 0 N–H and O–H groups in total. The Labute approximate surface area is 166 Å². The Bertz CT molecular complexity index is 801. The van der Waals surface area contributed by atoms with Crippen molar-refractivity contribution in [2.75, 3.05) is 47.5 Å². The summed E-state index contributed by atoms with van der Waals surface area (Å²) in [5.41, 5.74) is 2.07. The number of carbonyl (C=O) groups excluding carboxylic acids is 1. The fourth-order valence-corrected chi connectivity index (χ4v) is 3.47. The minimum absolute atomic E-state index is 0.159. The van der Waals surface area contributed by atoms with Crippen LogP contribution < -0.4 is 14.2 Å². The van der Waals surface area contributed by atoms with Crippen molar-refractivity contribution in [2.45, 2.75) is 13.0 Å². The topological polar surface area (TPSA) is 51.2 Å². The Kier molecular flexibility index (Phi) is 6.76. The van der Waals surface area contributed by atoms with E-state index in [-0.39, 0.29) is 5.91 Å². The van der Waals surface area contributed by atoms with Gasteiger partial charge in [0.15, 0.2) is 0 Å². The highest BCUT2D eigenvalue weighted by Crippen LogP contribution is 2.25. The molecule has 0 unspecified atom stereocenters. The van der Waals surface area contributed by atoms with Crippen LogP contribution in [0.2, 0.25) is 0 Å². The minimum atomic E-state index is 0.159. The van der Waals surface area contributed by atoms with Crippen LogP contribution in [-0.2, 0) is 17.8 Å². The van der Waals surface area contributed by atoms with Crippen molar-refractivity contribution in [2.24, 2.45) is 0 Å². The molecule has 1 amide bonds. The third-order valence-corrected chi connectivity index (χ3v) is 5.10. The van der Waals surface area contributed by atoms with Crippen molar-refractivity contribution in [1.82, 2.24) is 9.80 Å². The second kappa shape index (κ2) is 9.46. The van der Waals surface area contributed by atoms with Crippen LogP contribution in [-0.4, -0.2) is 63.2 Å². The fraction of sp³-hybridized carbons (Fsp3) is 0.409. The van der Waals surface area contributed by atoms with Crippen molar-refractivity contribution in [3.63, 3.8) is 0 Å². The van der Waals surface area contributed by atoms with Crippen molar-refractivity contribution >= 4 is 5.91 Å². The highest BCUT2D eigenvalue weighted by molar-refractivity contribution is 5.79. The number of benzene rings is 2. The van der Waals surface area contributed by atoms with Gasteiger partial charge in [-0.3, -0.25) is 9.69 Å². The van der Waals surface area contributed by atoms with E-state index in [1.54, 1.807) is 21.3 Å². The zero-order valence-corrected chi connectivity index (χ0v) is 16.8. The number of carbonyl (C=O) groups is 1. The van der Waals surface area contributed by atoms with Gasteiger partial charge in [0.05, 0.1) is 27.8 Å². The lowest BCUT2D eigenvalue weighted by Gasteiger charge is -2.35. The maximum atomic E-state index is 12.6. The number of amides is 1. The highest BCUT2D eigenvalue weighted by Gasteiger charge is 2.22.